The zero-order chi connectivity index (χ0) is 14.2. The van der Waals surface area contributed by atoms with E-state index in [2.05, 4.69) is 5.10 Å². The Bertz CT molecular complexity index is 700. The molecule has 2 heterocycles. The van der Waals surface area contributed by atoms with Gasteiger partial charge in [0.1, 0.15) is 5.69 Å². The third-order valence-corrected chi connectivity index (χ3v) is 3.49. The van der Waals surface area contributed by atoms with Gasteiger partial charge >= 0.3 is 6.18 Å². The largest absolute Gasteiger partial charge is 0.433 e. The Kier molecular flexibility index (Phi) is 3.10. The molecule has 0 spiro atoms. The van der Waals surface area contributed by atoms with Crippen LogP contribution in [0.15, 0.2) is 53.2 Å². The minimum absolute atomic E-state index is 0.309. The van der Waals surface area contributed by atoms with E-state index < -0.39 is 11.9 Å². The SMILES string of the molecule is FC(F)(F)c1cc(-c2ccccc2)nn1-c1ccsc1. The first-order chi connectivity index (χ1) is 9.55. The normalized spacial score (nSPS) is 11.8. The maximum atomic E-state index is 13.1. The molecular weight excluding hydrogens is 285 g/mol. The Labute approximate surface area is 117 Å². The van der Waals surface area contributed by atoms with Gasteiger partial charge in [0.2, 0.25) is 0 Å². The highest BCUT2D eigenvalue weighted by Crippen LogP contribution is 2.34. The fourth-order valence-electron chi connectivity index (χ4n) is 1.91. The molecule has 0 saturated carbocycles. The van der Waals surface area contributed by atoms with Gasteiger partial charge in [-0.3, -0.25) is 0 Å². The van der Waals surface area contributed by atoms with Gasteiger partial charge in [-0.1, -0.05) is 30.3 Å². The van der Waals surface area contributed by atoms with E-state index in [0.29, 0.717) is 16.9 Å². The number of hydrogen-bond acceptors (Lipinski definition) is 2. The van der Waals surface area contributed by atoms with Crippen molar-refractivity contribution in [1.82, 2.24) is 9.78 Å². The Balaban J connectivity index is 2.17. The summed E-state index contributed by atoms with van der Waals surface area (Å²) in [5.74, 6) is 0. The quantitative estimate of drug-likeness (QED) is 0.674. The van der Waals surface area contributed by atoms with Crippen molar-refractivity contribution in [3.8, 4) is 16.9 Å². The van der Waals surface area contributed by atoms with Crippen molar-refractivity contribution in [3.05, 3.63) is 58.9 Å². The van der Waals surface area contributed by atoms with Crippen LogP contribution in [0.25, 0.3) is 16.9 Å². The Morgan fingerprint density at radius 1 is 1.05 bits per heavy atom. The van der Waals surface area contributed by atoms with Crippen LogP contribution >= 0.6 is 11.3 Å². The second kappa shape index (κ2) is 4.79. The first-order valence-corrected chi connectivity index (χ1v) is 6.75. The lowest BCUT2D eigenvalue weighted by Crippen LogP contribution is -2.12. The average molecular weight is 294 g/mol. The highest BCUT2D eigenvalue weighted by atomic mass is 32.1. The summed E-state index contributed by atoms with van der Waals surface area (Å²) in [6, 6.07) is 11.5. The van der Waals surface area contributed by atoms with E-state index >= 15 is 0 Å². The van der Waals surface area contributed by atoms with E-state index in [-0.39, 0.29) is 0 Å². The lowest BCUT2D eigenvalue weighted by molar-refractivity contribution is -0.142. The molecule has 20 heavy (non-hydrogen) atoms. The maximum Gasteiger partial charge on any atom is 0.433 e. The predicted molar refractivity (Wildman–Crippen MR) is 71.9 cm³/mol. The molecule has 0 unspecified atom stereocenters. The van der Waals surface area contributed by atoms with E-state index in [1.165, 1.54) is 11.3 Å². The molecule has 0 aliphatic heterocycles. The molecule has 0 aliphatic carbocycles. The summed E-state index contributed by atoms with van der Waals surface area (Å²) in [4.78, 5) is 0. The fourth-order valence-corrected chi connectivity index (χ4v) is 2.52. The van der Waals surface area contributed by atoms with Crippen LogP contribution in [0.2, 0.25) is 0 Å². The van der Waals surface area contributed by atoms with Crippen LogP contribution < -0.4 is 0 Å². The summed E-state index contributed by atoms with van der Waals surface area (Å²) in [5.41, 5.74) is 0.621. The monoisotopic (exact) mass is 294 g/mol. The predicted octanol–water partition coefficient (Wildman–Crippen LogP) is 4.62. The second-order valence-corrected chi connectivity index (χ2v) is 4.95. The number of aromatic nitrogens is 2. The number of hydrogen-bond donors (Lipinski definition) is 0. The third-order valence-electron chi connectivity index (χ3n) is 2.82. The Morgan fingerprint density at radius 2 is 1.80 bits per heavy atom. The molecule has 3 rings (SSSR count). The van der Waals surface area contributed by atoms with E-state index in [4.69, 9.17) is 0 Å². The first-order valence-electron chi connectivity index (χ1n) is 5.81. The van der Waals surface area contributed by atoms with E-state index in [9.17, 15) is 13.2 Å². The van der Waals surface area contributed by atoms with Crippen molar-refractivity contribution in [2.75, 3.05) is 0 Å². The van der Waals surface area contributed by atoms with Crippen LogP contribution in [0.5, 0.6) is 0 Å². The highest BCUT2D eigenvalue weighted by Gasteiger charge is 2.36. The van der Waals surface area contributed by atoms with Crippen molar-refractivity contribution >= 4 is 11.3 Å². The van der Waals surface area contributed by atoms with Crippen LogP contribution in [0.4, 0.5) is 13.2 Å². The van der Waals surface area contributed by atoms with Gasteiger partial charge in [0, 0.05) is 10.9 Å². The van der Waals surface area contributed by atoms with Crippen molar-refractivity contribution in [3.63, 3.8) is 0 Å². The molecular formula is C14H9F3N2S. The molecule has 0 atom stereocenters. The lowest BCUT2D eigenvalue weighted by Gasteiger charge is -2.07. The number of benzene rings is 1. The standard InChI is InChI=1S/C14H9F3N2S/c15-14(16,17)13-8-12(10-4-2-1-3-5-10)18-19(13)11-6-7-20-9-11/h1-9H. The molecule has 0 radical (unpaired) electrons. The lowest BCUT2D eigenvalue weighted by atomic mass is 10.1. The topological polar surface area (TPSA) is 17.8 Å². The molecule has 3 aromatic rings. The number of thiophene rings is 1. The summed E-state index contributed by atoms with van der Waals surface area (Å²) in [5, 5.41) is 7.45. The van der Waals surface area contributed by atoms with Gasteiger partial charge in [-0.25, -0.2) is 4.68 Å². The summed E-state index contributed by atoms with van der Waals surface area (Å²) >= 11 is 1.33. The second-order valence-electron chi connectivity index (χ2n) is 4.17. The molecule has 0 N–H and O–H groups in total. The molecule has 0 saturated heterocycles. The third kappa shape index (κ3) is 2.34. The maximum absolute atomic E-state index is 13.1. The molecule has 0 fully saturated rings. The number of rotatable bonds is 2. The Hall–Kier alpha value is -2.08. The van der Waals surface area contributed by atoms with Gasteiger partial charge in [-0.15, -0.1) is 0 Å². The number of nitrogens with zero attached hydrogens (tertiary/aromatic N) is 2. The molecule has 2 aromatic heterocycles. The molecule has 6 heteroatoms. The van der Waals surface area contributed by atoms with Crippen LogP contribution in [0.1, 0.15) is 5.69 Å². The Morgan fingerprint density at radius 3 is 2.40 bits per heavy atom. The summed E-state index contributed by atoms with van der Waals surface area (Å²) < 4.78 is 40.3. The van der Waals surface area contributed by atoms with Crippen molar-refractivity contribution in [1.29, 1.82) is 0 Å². The summed E-state index contributed by atoms with van der Waals surface area (Å²) in [6.07, 6.45) is -4.44. The van der Waals surface area contributed by atoms with Crippen LogP contribution in [-0.4, -0.2) is 9.78 Å². The van der Waals surface area contributed by atoms with Gasteiger partial charge < -0.3 is 0 Å². The molecule has 1 aromatic carbocycles. The van der Waals surface area contributed by atoms with Crippen molar-refractivity contribution < 1.29 is 13.2 Å². The molecule has 0 aliphatic rings. The number of alkyl halides is 3. The molecule has 102 valence electrons. The smallest absolute Gasteiger partial charge is 0.227 e. The van der Waals surface area contributed by atoms with Gasteiger partial charge in [0.15, 0.2) is 0 Å². The van der Waals surface area contributed by atoms with E-state index in [1.807, 2.05) is 6.07 Å². The zero-order valence-electron chi connectivity index (χ0n) is 10.1. The summed E-state index contributed by atoms with van der Waals surface area (Å²) in [6.45, 7) is 0. The minimum atomic E-state index is -4.44. The zero-order valence-corrected chi connectivity index (χ0v) is 10.9. The van der Waals surface area contributed by atoms with Crippen LogP contribution in [0, 0.1) is 0 Å². The van der Waals surface area contributed by atoms with E-state index in [0.717, 1.165) is 10.7 Å². The van der Waals surface area contributed by atoms with Gasteiger partial charge in [0.05, 0.1) is 11.4 Å². The van der Waals surface area contributed by atoms with Gasteiger partial charge in [0.25, 0.3) is 0 Å². The highest BCUT2D eigenvalue weighted by molar-refractivity contribution is 7.08. The average Bonchev–Trinajstić information content (AvgIpc) is 3.08. The van der Waals surface area contributed by atoms with Crippen molar-refractivity contribution in [2.24, 2.45) is 0 Å². The summed E-state index contributed by atoms with van der Waals surface area (Å²) in [7, 11) is 0. The van der Waals surface area contributed by atoms with Crippen LogP contribution in [0.3, 0.4) is 0 Å². The van der Waals surface area contributed by atoms with Crippen LogP contribution in [-0.2, 0) is 6.18 Å². The van der Waals surface area contributed by atoms with Gasteiger partial charge in [-0.05, 0) is 17.5 Å². The molecule has 0 amide bonds. The van der Waals surface area contributed by atoms with Gasteiger partial charge in [-0.2, -0.15) is 29.6 Å². The van der Waals surface area contributed by atoms with Crippen molar-refractivity contribution in [2.45, 2.75) is 6.18 Å². The molecule has 2 nitrogen and oxygen atoms in total. The molecule has 0 bridgehead atoms. The minimum Gasteiger partial charge on any atom is -0.227 e. The fraction of sp³-hybridized carbons (Fsp3) is 0.0714. The first kappa shape index (κ1) is 12.9. The number of halogens is 3. The van der Waals surface area contributed by atoms with E-state index in [1.54, 1.807) is 41.1 Å².